The zero-order chi connectivity index (χ0) is 16.8. The highest BCUT2D eigenvalue weighted by Gasteiger charge is 2.08. The Morgan fingerprint density at radius 1 is 1.26 bits per heavy atom. The number of oxime groups is 1. The molecule has 2 aromatic carbocycles. The van der Waals surface area contributed by atoms with Crippen molar-refractivity contribution in [2.45, 2.75) is 13.8 Å². The maximum Gasteiger partial charge on any atom is 0.262 e. The molecule has 2 N–H and O–H groups in total. The van der Waals surface area contributed by atoms with E-state index in [4.69, 9.17) is 9.94 Å². The highest BCUT2D eigenvalue weighted by molar-refractivity contribution is 9.10. The van der Waals surface area contributed by atoms with Crippen molar-refractivity contribution in [2.75, 3.05) is 11.9 Å². The van der Waals surface area contributed by atoms with E-state index in [2.05, 4.69) is 26.4 Å². The van der Waals surface area contributed by atoms with Crippen LogP contribution in [0.2, 0.25) is 0 Å². The molecule has 0 saturated heterocycles. The quantitative estimate of drug-likeness (QED) is 0.472. The molecule has 1 amide bonds. The molecule has 0 unspecified atom stereocenters. The van der Waals surface area contributed by atoms with Gasteiger partial charge in [0.2, 0.25) is 0 Å². The molecule has 23 heavy (non-hydrogen) atoms. The number of carbonyl (C=O) groups excluding carboxylic acids is 1. The number of nitrogens with one attached hydrogen (secondary N) is 1. The minimum atomic E-state index is -0.261. The summed E-state index contributed by atoms with van der Waals surface area (Å²) in [6.07, 6.45) is 1.25. The van der Waals surface area contributed by atoms with Gasteiger partial charge in [-0.05, 0) is 55.3 Å². The van der Waals surface area contributed by atoms with Crippen molar-refractivity contribution >= 4 is 33.7 Å². The van der Waals surface area contributed by atoms with Gasteiger partial charge in [0.25, 0.3) is 5.91 Å². The fraction of sp³-hybridized carbons (Fsp3) is 0.176. The monoisotopic (exact) mass is 376 g/mol. The zero-order valence-electron chi connectivity index (χ0n) is 12.8. The van der Waals surface area contributed by atoms with Crippen LogP contribution < -0.4 is 10.1 Å². The standard InChI is InChI=1S/C17H17BrN2O3/c1-11-3-5-15(7-12(11)2)20-17(21)10-23-16-6-4-14(18)8-13(16)9-19-22/h3-9,22H,10H2,1-2H3,(H,20,21)/b19-9+. The molecule has 6 heteroatoms. The van der Waals surface area contributed by atoms with Crippen molar-refractivity contribution in [3.8, 4) is 5.75 Å². The molecule has 0 aromatic heterocycles. The summed E-state index contributed by atoms with van der Waals surface area (Å²) in [6, 6.07) is 10.9. The summed E-state index contributed by atoms with van der Waals surface area (Å²) >= 11 is 3.33. The Kier molecular flexibility index (Phi) is 5.76. The number of aryl methyl sites for hydroxylation is 2. The van der Waals surface area contributed by atoms with Crippen LogP contribution in [0.25, 0.3) is 0 Å². The summed E-state index contributed by atoms with van der Waals surface area (Å²) in [6.45, 7) is 3.87. The molecular formula is C17H17BrN2O3. The van der Waals surface area contributed by atoms with E-state index < -0.39 is 0 Å². The van der Waals surface area contributed by atoms with Crippen molar-refractivity contribution in [1.29, 1.82) is 0 Å². The predicted molar refractivity (Wildman–Crippen MR) is 93.6 cm³/mol. The maximum atomic E-state index is 12.0. The van der Waals surface area contributed by atoms with Gasteiger partial charge in [-0.3, -0.25) is 4.79 Å². The van der Waals surface area contributed by atoms with Gasteiger partial charge in [-0.15, -0.1) is 0 Å². The van der Waals surface area contributed by atoms with E-state index in [1.54, 1.807) is 18.2 Å². The zero-order valence-corrected chi connectivity index (χ0v) is 14.4. The summed E-state index contributed by atoms with van der Waals surface area (Å²) in [5.41, 5.74) is 3.58. The number of benzene rings is 2. The molecule has 0 aliphatic carbocycles. The second kappa shape index (κ2) is 7.78. The van der Waals surface area contributed by atoms with E-state index in [9.17, 15) is 4.79 Å². The molecule has 0 atom stereocenters. The lowest BCUT2D eigenvalue weighted by Gasteiger charge is -2.10. The summed E-state index contributed by atoms with van der Waals surface area (Å²) < 4.78 is 6.32. The fourth-order valence-corrected chi connectivity index (χ4v) is 2.35. The minimum Gasteiger partial charge on any atom is -0.483 e. The van der Waals surface area contributed by atoms with E-state index in [0.29, 0.717) is 11.3 Å². The maximum absolute atomic E-state index is 12.0. The largest absolute Gasteiger partial charge is 0.483 e. The average molecular weight is 377 g/mol. The number of hydrogen-bond acceptors (Lipinski definition) is 4. The highest BCUT2D eigenvalue weighted by atomic mass is 79.9. The summed E-state index contributed by atoms with van der Waals surface area (Å²) in [5.74, 6) is 0.198. The van der Waals surface area contributed by atoms with Crippen LogP contribution in [-0.4, -0.2) is 23.9 Å². The second-order valence-corrected chi connectivity index (χ2v) is 5.98. The molecule has 2 aromatic rings. The first-order valence-electron chi connectivity index (χ1n) is 6.96. The summed E-state index contributed by atoms with van der Waals surface area (Å²) in [7, 11) is 0. The van der Waals surface area contributed by atoms with Gasteiger partial charge in [-0.2, -0.15) is 0 Å². The molecule has 5 nitrogen and oxygen atoms in total. The van der Waals surface area contributed by atoms with Crippen LogP contribution in [0, 0.1) is 13.8 Å². The molecule has 0 fully saturated rings. The smallest absolute Gasteiger partial charge is 0.262 e. The summed E-state index contributed by atoms with van der Waals surface area (Å²) in [5, 5.41) is 14.5. The number of hydrogen-bond donors (Lipinski definition) is 2. The Hall–Kier alpha value is -2.34. The topological polar surface area (TPSA) is 70.9 Å². The Balaban J connectivity index is 2.00. The molecule has 2 rings (SSSR count). The van der Waals surface area contributed by atoms with Gasteiger partial charge >= 0.3 is 0 Å². The summed E-state index contributed by atoms with van der Waals surface area (Å²) in [4.78, 5) is 12.0. The lowest BCUT2D eigenvalue weighted by atomic mass is 10.1. The number of anilines is 1. The van der Waals surface area contributed by atoms with E-state index in [0.717, 1.165) is 15.7 Å². The Bertz CT molecular complexity index is 745. The lowest BCUT2D eigenvalue weighted by molar-refractivity contribution is -0.118. The van der Waals surface area contributed by atoms with Crippen LogP contribution in [-0.2, 0) is 4.79 Å². The third kappa shape index (κ3) is 4.82. The second-order valence-electron chi connectivity index (χ2n) is 5.06. The van der Waals surface area contributed by atoms with Crippen LogP contribution in [0.4, 0.5) is 5.69 Å². The lowest BCUT2D eigenvalue weighted by Crippen LogP contribution is -2.20. The van der Waals surface area contributed by atoms with Crippen molar-refractivity contribution in [3.63, 3.8) is 0 Å². The van der Waals surface area contributed by atoms with Gasteiger partial charge < -0.3 is 15.3 Å². The van der Waals surface area contributed by atoms with Gasteiger partial charge in [0.1, 0.15) is 5.75 Å². The van der Waals surface area contributed by atoms with Gasteiger partial charge in [0, 0.05) is 15.7 Å². The number of ether oxygens (including phenoxy) is 1. The van der Waals surface area contributed by atoms with Crippen LogP contribution >= 0.6 is 15.9 Å². The molecule has 0 aliphatic heterocycles. The molecule has 0 bridgehead atoms. The normalized spacial score (nSPS) is 10.7. The third-order valence-electron chi connectivity index (χ3n) is 3.32. The third-order valence-corrected chi connectivity index (χ3v) is 3.81. The molecule has 120 valence electrons. The van der Waals surface area contributed by atoms with Crippen LogP contribution in [0.15, 0.2) is 46.0 Å². The Morgan fingerprint density at radius 3 is 2.74 bits per heavy atom. The predicted octanol–water partition coefficient (Wildman–Crippen LogP) is 3.89. The van der Waals surface area contributed by atoms with Crippen molar-refractivity contribution in [2.24, 2.45) is 5.16 Å². The Labute approximate surface area is 143 Å². The Morgan fingerprint density at radius 2 is 2.04 bits per heavy atom. The number of rotatable bonds is 5. The van der Waals surface area contributed by atoms with Gasteiger partial charge in [-0.25, -0.2) is 0 Å². The number of carbonyl (C=O) groups is 1. The first-order chi connectivity index (χ1) is 11.0. The molecule has 0 aliphatic rings. The first-order valence-corrected chi connectivity index (χ1v) is 7.76. The first kappa shape index (κ1) is 17.0. The molecule has 0 radical (unpaired) electrons. The fourth-order valence-electron chi connectivity index (χ4n) is 1.97. The van der Waals surface area contributed by atoms with E-state index in [-0.39, 0.29) is 12.5 Å². The van der Waals surface area contributed by atoms with Gasteiger partial charge in [-0.1, -0.05) is 27.2 Å². The van der Waals surface area contributed by atoms with Gasteiger partial charge in [0.05, 0.1) is 6.21 Å². The average Bonchev–Trinajstić information content (AvgIpc) is 2.50. The number of amides is 1. The van der Waals surface area contributed by atoms with Crippen LogP contribution in [0.1, 0.15) is 16.7 Å². The molecule has 0 spiro atoms. The van der Waals surface area contributed by atoms with Crippen LogP contribution in [0.3, 0.4) is 0 Å². The molecule has 0 heterocycles. The number of halogens is 1. The van der Waals surface area contributed by atoms with Crippen molar-refractivity contribution in [1.82, 2.24) is 0 Å². The minimum absolute atomic E-state index is 0.138. The highest BCUT2D eigenvalue weighted by Crippen LogP contribution is 2.22. The van der Waals surface area contributed by atoms with Gasteiger partial charge in [0.15, 0.2) is 6.61 Å². The SMILES string of the molecule is Cc1ccc(NC(=O)COc2ccc(Br)cc2/C=N/O)cc1C. The molecular weight excluding hydrogens is 360 g/mol. The van der Waals surface area contributed by atoms with E-state index in [1.165, 1.54) is 11.8 Å². The van der Waals surface area contributed by atoms with E-state index in [1.807, 2.05) is 32.0 Å². The molecule has 0 saturated carbocycles. The number of nitrogens with zero attached hydrogens (tertiary/aromatic N) is 1. The van der Waals surface area contributed by atoms with Crippen molar-refractivity contribution in [3.05, 3.63) is 57.6 Å². The van der Waals surface area contributed by atoms with Crippen molar-refractivity contribution < 1.29 is 14.7 Å². The van der Waals surface area contributed by atoms with Crippen LogP contribution in [0.5, 0.6) is 5.75 Å². The van der Waals surface area contributed by atoms with E-state index >= 15 is 0 Å².